The van der Waals surface area contributed by atoms with Gasteiger partial charge in [0.25, 0.3) is 0 Å². The molecule has 0 saturated heterocycles. The summed E-state index contributed by atoms with van der Waals surface area (Å²) in [6.45, 7) is 5.73. The van der Waals surface area contributed by atoms with Crippen molar-refractivity contribution in [2.45, 2.75) is 26.8 Å². The van der Waals surface area contributed by atoms with Gasteiger partial charge in [0.15, 0.2) is 0 Å². The molecule has 4 nitrogen and oxygen atoms in total. The first-order valence-electron chi connectivity index (χ1n) is 7.12. The predicted octanol–water partition coefficient (Wildman–Crippen LogP) is 3.07. The van der Waals surface area contributed by atoms with Gasteiger partial charge in [-0.2, -0.15) is 5.10 Å². The molecule has 0 saturated carbocycles. The maximum absolute atomic E-state index is 12.9. The van der Waals surface area contributed by atoms with E-state index in [9.17, 15) is 9.18 Å². The van der Waals surface area contributed by atoms with Gasteiger partial charge in [0.2, 0.25) is 5.91 Å². The maximum atomic E-state index is 12.9. The van der Waals surface area contributed by atoms with Crippen LogP contribution in [0.4, 0.5) is 4.39 Å². The lowest BCUT2D eigenvalue weighted by molar-refractivity contribution is -0.117. The Hall–Kier alpha value is -2.43. The average molecular weight is 301 g/mol. The Kier molecular flexibility index (Phi) is 4.75. The van der Waals surface area contributed by atoms with Gasteiger partial charge in [-0.3, -0.25) is 9.48 Å². The molecule has 0 fully saturated rings. The summed E-state index contributed by atoms with van der Waals surface area (Å²) in [5.74, 6) is -0.482. The molecule has 0 radical (unpaired) electrons. The van der Waals surface area contributed by atoms with Crippen molar-refractivity contribution in [3.05, 3.63) is 58.7 Å². The van der Waals surface area contributed by atoms with E-state index in [0.29, 0.717) is 0 Å². The molecule has 2 aromatic rings. The Morgan fingerprint density at radius 3 is 2.50 bits per heavy atom. The summed E-state index contributed by atoms with van der Waals surface area (Å²) in [5, 5.41) is 7.16. The molecule has 5 heteroatoms. The van der Waals surface area contributed by atoms with Crippen molar-refractivity contribution in [1.82, 2.24) is 15.1 Å². The van der Waals surface area contributed by atoms with Crippen LogP contribution in [0.5, 0.6) is 0 Å². The molecule has 0 spiro atoms. The van der Waals surface area contributed by atoms with Crippen LogP contribution in [0.25, 0.3) is 6.08 Å². The number of hydrogen-bond donors (Lipinski definition) is 1. The Balaban J connectivity index is 2.03. The second kappa shape index (κ2) is 6.56. The Bertz CT molecular complexity index is 701. The van der Waals surface area contributed by atoms with E-state index in [-0.39, 0.29) is 17.8 Å². The fraction of sp³-hybridized carbons (Fsp3) is 0.294. The van der Waals surface area contributed by atoms with Gasteiger partial charge in [0.1, 0.15) is 5.82 Å². The number of nitrogens with one attached hydrogen (secondary N) is 1. The number of halogens is 1. The largest absolute Gasteiger partial charge is 0.346 e. The number of rotatable bonds is 4. The van der Waals surface area contributed by atoms with Crippen LogP contribution in [0.3, 0.4) is 0 Å². The maximum Gasteiger partial charge on any atom is 0.244 e. The van der Waals surface area contributed by atoms with Crippen molar-refractivity contribution in [3.63, 3.8) is 0 Å². The molecule has 1 N–H and O–H groups in total. The van der Waals surface area contributed by atoms with Gasteiger partial charge in [0.05, 0.1) is 11.7 Å². The van der Waals surface area contributed by atoms with Crippen molar-refractivity contribution < 1.29 is 9.18 Å². The fourth-order valence-corrected chi connectivity index (χ4v) is 2.29. The Morgan fingerprint density at radius 2 is 1.95 bits per heavy atom. The first-order valence-corrected chi connectivity index (χ1v) is 7.12. The summed E-state index contributed by atoms with van der Waals surface area (Å²) in [6.07, 6.45) is 3.27. The summed E-state index contributed by atoms with van der Waals surface area (Å²) < 4.78 is 14.7. The highest BCUT2D eigenvalue weighted by atomic mass is 19.1. The highest BCUT2D eigenvalue weighted by Crippen LogP contribution is 2.15. The van der Waals surface area contributed by atoms with Crippen molar-refractivity contribution in [2.75, 3.05) is 0 Å². The third-order valence-electron chi connectivity index (χ3n) is 3.70. The lowest BCUT2D eigenvalue weighted by atomic mass is 10.1. The van der Waals surface area contributed by atoms with E-state index >= 15 is 0 Å². The summed E-state index contributed by atoms with van der Waals surface area (Å²) in [5.41, 5.74) is 3.70. The molecule has 0 aliphatic heterocycles. The van der Waals surface area contributed by atoms with Gasteiger partial charge in [-0.25, -0.2) is 4.39 Å². The van der Waals surface area contributed by atoms with Crippen molar-refractivity contribution in [2.24, 2.45) is 7.05 Å². The topological polar surface area (TPSA) is 46.9 Å². The number of carbonyl (C=O) groups excluding carboxylic acids is 1. The van der Waals surface area contributed by atoms with E-state index in [1.807, 2.05) is 27.8 Å². The second-order valence-corrected chi connectivity index (χ2v) is 5.32. The number of carbonyl (C=O) groups is 1. The standard InChI is InChI=1S/C17H20FN3O/c1-11(14-5-7-15(18)8-6-14)19-17(22)10-9-16-12(2)20-21(4)13(16)3/h5-11H,1-4H3,(H,19,22)/b10-9+. The lowest BCUT2D eigenvalue weighted by Gasteiger charge is -2.12. The number of aromatic nitrogens is 2. The van der Waals surface area contributed by atoms with Crippen LogP contribution >= 0.6 is 0 Å². The quantitative estimate of drug-likeness (QED) is 0.882. The van der Waals surface area contributed by atoms with Gasteiger partial charge in [0, 0.05) is 24.4 Å². The Labute approximate surface area is 129 Å². The second-order valence-electron chi connectivity index (χ2n) is 5.32. The molecule has 0 aliphatic carbocycles. The summed E-state index contributed by atoms with van der Waals surface area (Å²) in [4.78, 5) is 12.0. The van der Waals surface area contributed by atoms with Gasteiger partial charge in [-0.05, 0) is 44.5 Å². The third kappa shape index (κ3) is 3.61. The zero-order valence-electron chi connectivity index (χ0n) is 13.2. The van der Waals surface area contributed by atoms with Gasteiger partial charge in [-0.1, -0.05) is 12.1 Å². The van der Waals surface area contributed by atoms with Crippen molar-refractivity contribution in [1.29, 1.82) is 0 Å². The molecule has 1 aromatic heterocycles. The van der Waals surface area contributed by atoms with Crippen LogP contribution < -0.4 is 5.32 Å². The number of benzene rings is 1. The van der Waals surface area contributed by atoms with E-state index in [4.69, 9.17) is 0 Å². The normalized spacial score (nSPS) is 12.6. The molecule has 1 amide bonds. The van der Waals surface area contributed by atoms with E-state index in [1.165, 1.54) is 18.2 Å². The number of nitrogens with zero attached hydrogens (tertiary/aromatic N) is 2. The highest BCUT2D eigenvalue weighted by Gasteiger charge is 2.09. The van der Waals surface area contributed by atoms with Gasteiger partial charge < -0.3 is 5.32 Å². The van der Waals surface area contributed by atoms with Crippen LogP contribution in [0.1, 0.15) is 35.5 Å². The summed E-state index contributed by atoms with van der Waals surface area (Å²) >= 11 is 0. The molecule has 0 bridgehead atoms. The smallest absolute Gasteiger partial charge is 0.244 e. The van der Waals surface area contributed by atoms with E-state index < -0.39 is 0 Å². The fourth-order valence-electron chi connectivity index (χ4n) is 2.29. The van der Waals surface area contributed by atoms with Crippen LogP contribution in [-0.2, 0) is 11.8 Å². The van der Waals surface area contributed by atoms with Crippen LogP contribution in [-0.4, -0.2) is 15.7 Å². The molecule has 2 rings (SSSR count). The molecule has 22 heavy (non-hydrogen) atoms. The van der Waals surface area contributed by atoms with Crippen LogP contribution in [0.2, 0.25) is 0 Å². The van der Waals surface area contributed by atoms with E-state index in [0.717, 1.165) is 22.5 Å². The average Bonchev–Trinajstić information content (AvgIpc) is 2.70. The SMILES string of the molecule is Cc1nn(C)c(C)c1/C=C/C(=O)NC(C)c1ccc(F)cc1. The molecule has 1 unspecified atom stereocenters. The molecule has 1 heterocycles. The zero-order chi connectivity index (χ0) is 16.3. The minimum Gasteiger partial charge on any atom is -0.346 e. The van der Waals surface area contributed by atoms with E-state index in [2.05, 4.69) is 10.4 Å². The third-order valence-corrected chi connectivity index (χ3v) is 3.70. The van der Waals surface area contributed by atoms with Gasteiger partial charge >= 0.3 is 0 Å². The lowest BCUT2D eigenvalue weighted by Crippen LogP contribution is -2.24. The van der Waals surface area contributed by atoms with Crippen LogP contribution in [0, 0.1) is 19.7 Å². The molecule has 116 valence electrons. The monoisotopic (exact) mass is 301 g/mol. The van der Waals surface area contributed by atoms with E-state index in [1.54, 1.807) is 22.9 Å². The predicted molar refractivity (Wildman–Crippen MR) is 84.7 cm³/mol. The highest BCUT2D eigenvalue weighted by molar-refractivity contribution is 5.92. The zero-order valence-corrected chi connectivity index (χ0v) is 13.2. The Morgan fingerprint density at radius 1 is 1.32 bits per heavy atom. The minimum absolute atomic E-state index is 0.186. The first-order chi connectivity index (χ1) is 10.4. The first kappa shape index (κ1) is 15.9. The molecule has 1 atom stereocenters. The van der Waals surface area contributed by atoms with Crippen molar-refractivity contribution >= 4 is 12.0 Å². The summed E-state index contributed by atoms with van der Waals surface area (Å²) in [6, 6.07) is 5.92. The number of amides is 1. The van der Waals surface area contributed by atoms with Crippen molar-refractivity contribution in [3.8, 4) is 0 Å². The van der Waals surface area contributed by atoms with Crippen LogP contribution in [0.15, 0.2) is 30.3 Å². The number of hydrogen-bond acceptors (Lipinski definition) is 2. The number of aryl methyl sites for hydroxylation is 2. The molecule has 0 aliphatic rings. The molecular formula is C17H20FN3O. The van der Waals surface area contributed by atoms with Gasteiger partial charge in [-0.15, -0.1) is 0 Å². The summed E-state index contributed by atoms with van der Waals surface area (Å²) in [7, 11) is 1.87. The molecule has 1 aromatic carbocycles. The molecular weight excluding hydrogens is 281 g/mol. The minimum atomic E-state index is -0.287.